The first-order valence-electron chi connectivity index (χ1n) is 7.31. The first-order valence-corrected chi connectivity index (χ1v) is 8.11. The molecule has 0 N–H and O–H groups in total. The highest BCUT2D eigenvalue weighted by atomic mass is 79.9. The van der Waals surface area contributed by atoms with Crippen LogP contribution in [0.3, 0.4) is 0 Å². The Labute approximate surface area is 142 Å². The summed E-state index contributed by atoms with van der Waals surface area (Å²) in [5.41, 5.74) is 4.01. The summed E-state index contributed by atoms with van der Waals surface area (Å²) in [6, 6.07) is 7.92. The molecule has 0 aliphatic heterocycles. The Balaban J connectivity index is 2.10. The molecule has 0 aliphatic rings. The highest BCUT2D eigenvalue weighted by Gasteiger charge is 2.13. The minimum atomic E-state index is 0.403. The maximum atomic E-state index is 9.37. The molecule has 0 aromatic carbocycles. The summed E-state index contributed by atoms with van der Waals surface area (Å²) in [5.74, 6) is 0.403. The van der Waals surface area contributed by atoms with Gasteiger partial charge in [0.05, 0.1) is 12.8 Å². The zero-order valence-electron chi connectivity index (χ0n) is 12.9. The predicted molar refractivity (Wildman–Crippen MR) is 91.4 cm³/mol. The van der Waals surface area contributed by atoms with Gasteiger partial charge in [-0.05, 0) is 47.5 Å². The van der Waals surface area contributed by atoms with Gasteiger partial charge in [-0.25, -0.2) is 9.97 Å². The second kappa shape index (κ2) is 6.39. The van der Waals surface area contributed by atoms with Crippen LogP contribution in [0.4, 0.5) is 0 Å². The van der Waals surface area contributed by atoms with Crippen molar-refractivity contribution in [3.05, 3.63) is 46.5 Å². The zero-order valence-corrected chi connectivity index (χ0v) is 14.5. The number of fused-ring (bicyclic) bond motifs is 1. The van der Waals surface area contributed by atoms with Gasteiger partial charge in [0.2, 0.25) is 5.88 Å². The fourth-order valence-electron chi connectivity index (χ4n) is 2.37. The summed E-state index contributed by atoms with van der Waals surface area (Å²) in [6.07, 6.45) is 4.61. The molecule has 3 aromatic rings. The van der Waals surface area contributed by atoms with Gasteiger partial charge < -0.3 is 4.74 Å². The summed E-state index contributed by atoms with van der Waals surface area (Å²) in [5, 5.41) is 9.37. The molecule has 0 unspecified atom stereocenters. The van der Waals surface area contributed by atoms with Gasteiger partial charge in [-0.2, -0.15) is 5.26 Å². The Morgan fingerprint density at radius 2 is 2.22 bits per heavy atom. The van der Waals surface area contributed by atoms with Gasteiger partial charge in [0, 0.05) is 23.0 Å². The van der Waals surface area contributed by atoms with E-state index in [2.05, 4.69) is 32.0 Å². The van der Waals surface area contributed by atoms with Crippen LogP contribution in [0.25, 0.3) is 16.8 Å². The zero-order chi connectivity index (χ0) is 16.4. The number of ether oxygens (including phenoxy) is 1. The van der Waals surface area contributed by atoms with Crippen molar-refractivity contribution in [3.8, 4) is 23.1 Å². The Hall–Kier alpha value is -2.39. The molecule has 0 saturated carbocycles. The van der Waals surface area contributed by atoms with E-state index in [4.69, 9.17) is 4.74 Å². The van der Waals surface area contributed by atoms with Crippen molar-refractivity contribution in [1.29, 1.82) is 5.26 Å². The number of imidazole rings is 1. The number of nitrogens with zero attached hydrogens (tertiary/aromatic N) is 4. The summed E-state index contributed by atoms with van der Waals surface area (Å²) < 4.78 is 8.39. The number of rotatable bonds is 4. The quantitative estimate of drug-likeness (QED) is 0.692. The van der Waals surface area contributed by atoms with Crippen LogP contribution < -0.4 is 4.74 Å². The van der Waals surface area contributed by atoms with E-state index in [0.29, 0.717) is 18.1 Å². The Morgan fingerprint density at radius 3 is 2.96 bits per heavy atom. The molecule has 0 bridgehead atoms. The Bertz CT molecular complexity index is 911. The predicted octanol–water partition coefficient (Wildman–Crippen LogP) is 4.13. The fraction of sp³-hybridized carbons (Fsp3) is 0.235. The molecule has 3 rings (SSSR count). The van der Waals surface area contributed by atoms with Crippen LogP contribution in [0.15, 0.2) is 35.2 Å². The molecule has 3 aromatic heterocycles. The van der Waals surface area contributed by atoms with Crippen LogP contribution in [0.1, 0.15) is 24.6 Å². The molecule has 0 spiro atoms. The van der Waals surface area contributed by atoms with E-state index in [1.807, 2.05) is 42.6 Å². The number of hydrogen-bond donors (Lipinski definition) is 0. The number of halogens is 1. The molecule has 0 atom stereocenters. The summed E-state index contributed by atoms with van der Waals surface area (Å²) in [4.78, 5) is 8.75. The Kier molecular flexibility index (Phi) is 4.30. The molecule has 0 aliphatic carbocycles. The van der Waals surface area contributed by atoms with Crippen LogP contribution in [0, 0.1) is 18.3 Å². The molecule has 0 saturated heterocycles. The van der Waals surface area contributed by atoms with E-state index in [-0.39, 0.29) is 0 Å². The molecule has 0 fully saturated rings. The first-order chi connectivity index (χ1) is 11.1. The number of nitriles is 1. The average molecular weight is 371 g/mol. The minimum absolute atomic E-state index is 0.403. The SMILES string of the molecule is CCCOc1nc(C)c(-c2ccc3ncc(Br)n3c2)cc1C#N. The van der Waals surface area contributed by atoms with Crippen LogP contribution in [-0.2, 0) is 0 Å². The van der Waals surface area contributed by atoms with Gasteiger partial charge in [-0.1, -0.05) is 6.92 Å². The van der Waals surface area contributed by atoms with Gasteiger partial charge in [0.15, 0.2) is 0 Å². The van der Waals surface area contributed by atoms with E-state index in [0.717, 1.165) is 33.5 Å². The van der Waals surface area contributed by atoms with Crippen LogP contribution in [-0.4, -0.2) is 21.0 Å². The van der Waals surface area contributed by atoms with Crippen molar-refractivity contribution >= 4 is 21.6 Å². The standard InChI is InChI=1S/C17H15BrN4O/c1-3-6-23-17-13(8-19)7-14(11(2)21-17)12-4-5-16-20-9-15(18)22(16)10-12/h4-5,7,9-10H,3,6H2,1-2H3. The topological polar surface area (TPSA) is 63.2 Å². The lowest BCUT2D eigenvalue weighted by atomic mass is 10.0. The fourth-order valence-corrected chi connectivity index (χ4v) is 2.76. The second-order valence-electron chi connectivity index (χ2n) is 5.16. The highest BCUT2D eigenvalue weighted by molar-refractivity contribution is 9.10. The molecule has 0 radical (unpaired) electrons. The lowest BCUT2D eigenvalue weighted by Crippen LogP contribution is -2.02. The monoisotopic (exact) mass is 370 g/mol. The summed E-state index contributed by atoms with van der Waals surface area (Å²) in [6.45, 7) is 4.49. The van der Waals surface area contributed by atoms with Crippen LogP contribution >= 0.6 is 15.9 Å². The lowest BCUT2D eigenvalue weighted by molar-refractivity contribution is 0.304. The first kappa shape index (κ1) is 15.5. The normalized spacial score (nSPS) is 10.7. The number of pyridine rings is 2. The smallest absolute Gasteiger partial charge is 0.231 e. The summed E-state index contributed by atoms with van der Waals surface area (Å²) in [7, 11) is 0. The van der Waals surface area contributed by atoms with E-state index >= 15 is 0 Å². The molecular weight excluding hydrogens is 356 g/mol. The van der Waals surface area contributed by atoms with Crippen molar-refractivity contribution in [1.82, 2.24) is 14.4 Å². The molecule has 3 heterocycles. The third-order valence-electron chi connectivity index (χ3n) is 3.51. The number of aryl methyl sites for hydroxylation is 1. The van der Waals surface area contributed by atoms with E-state index in [9.17, 15) is 5.26 Å². The van der Waals surface area contributed by atoms with E-state index in [1.165, 1.54) is 0 Å². The van der Waals surface area contributed by atoms with Crippen molar-refractivity contribution in [2.45, 2.75) is 20.3 Å². The van der Waals surface area contributed by atoms with Gasteiger partial charge in [-0.3, -0.25) is 4.40 Å². The van der Waals surface area contributed by atoms with E-state index < -0.39 is 0 Å². The molecule has 23 heavy (non-hydrogen) atoms. The summed E-state index contributed by atoms with van der Waals surface area (Å²) >= 11 is 3.47. The van der Waals surface area contributed by atoms with Gasteiger partial charge >= 0.3 is 0 Å². The maximum absolute atomic E-state index is 9.37. The lowest BCUT2D eigenvalue weighted by Gasteiger charge is -2.11. The third kappa shape index (κ3) is 2.92. The largest absolute Gasteiger partial charge is 0.477 e. The molecule has 0 amide bonds. The number of hydrogen-bond acceptors (Lipinski definition) is 4. The minimum Gasteiger partial charge on any atom is -0.477 e. The van der Waals surface area contributed by atoms with Gasteiger partial charge in [-0.15, -0.1) is 0 Å². The van der Waals surface area contributed by atoms with Crippen LogP contribution in [0.2, 0.25) is 0 Å². The molecule has 6 heteroatoms. The average Bonchev–Trinajstić information content (AvgIpc) is 2.93. The molecule has 5 nitrogen and oxygen atoms in total. The maximum Gasteiger partial charge on any atom is 0.231 e. The van der Waals surface area contributed by atoms with Gasteiger partial charge in [0.25, 0.3) is 0 Å². The second-order valence-corrected chi connectivity index (χ2v) is 5.97. The highest BCUT2D eigenvalue weighted by Crippen LogP contribution is 2.28. The van der Waals surface area contributed by atoms with Gasteiger partial charge in [0.1, 0.15) is 21.9 Å². The van der Waals surface area contributed by atoms with Crippen LogP contribution in [0.5, 0.6) is 5.88 Å². The Morgan fingerprint density at radius 1 is 1.39 bits per heavy atom. The molecule has 116 valence electrons. The van der Waals surface area contributed by atoms with Crippen molar-refractivity contribution in [2.24, 2.45) is 0 Å². The van der Waals surface area contributed by atoms with Crippen molar-refractivity contribution in [2.75, 3.05) is 6.61 Å². The van der Waals surface area contributed by atoms with Crippen molar-refractivity contribution in [3.63, 3.8) is 0 Å². The molecular formula is C17H15BrN4O. The number of aromatic nitrogens is 3. The third-order valence-corrected chi connectivity index (χ3v) is 4.10. The van der Waals surface area contributed by atoms with Crippen molar-refractivity contribution < 1.29 is 4.74 Å². The van der Waals surface area contributed by atoms with E-state index in [1.54, 1.807) is 6.20 Å².